The van der Waals surface area contributed by atoms with Crippen molar-refractivity contribution in [2.24, 2.45) is 0 Å². The third-order valence-corrected chi connectivity index (χ3v) is 1.04. The summed E-state index contributed by atoms with van der Waals surface area (Å²) in [6.45, 7) is 3.76. The van der Waals surface area contributed by atoms with E-state index in [-0.39, 0.29) is 5.24 Å². The van der Waals surface area contributed by atoms with Gasteiger partial charge in [0.25, 0.3) is 0 Å². The van der Waals surface area contributed by atoms with Crippen molar-refractivity contribution in [1.29, 1.82) is 0 Å². The Morgan fingerprint density at radius 2 is 2.25 bits per heavy atom. The van der Waals surface area contributed by atoms with Crippen molar-refractivity contribution >= 4 is 16.8 Å². The summed E-state index contributed by atoms with van der Waals surface area (Å²) < 4.78 is 0. The maximum atomic E-state index is 10.1. The van der Waals surface area contributed by atoms with E-state index in [0.29, 0.717) is 6.42 Å². The van der Waals surface area contributed by atoms with Gasteiger partial charge in [0, 0.05) is 6.42 Å². The first kappa shape index (κ1) is 7.70. The summed E-state index contributed by atoms with van der Waals surface area (Å²) in [5, 5.41) is -0.291. The van der Waals surface area contributed by atoms with E-state index in [4.69, 9.17) is 11.6 Å². The molecule has 2 heteroatoms. The molecular weight excluding hydrogens is 124 g/mol. The van der Waals surface area contributed by atoms with Crippen LogP contribution in [0.15, 0.2) is 11.6 Å². The molecule has 0 aromatic carbocycles. The van der Waals surface area contributed by atoms with Gasteiger partial charge in [-0.25, -0.2) is 0 Å². The molecule has 0 saturated carbocycles. The predicted octanol–water partition coefficient (Wildman–Crippen LogP) is 2.11. The first-order valence-corrected chi connectivity index (χ1v) is 2.84. The molecule has 0 bridgehead atoms. The Hall–Kier alpha value is -0.300. The van der Waals surface area contributed by atoms with Gasteiger partial charge in [-0.2, -0.15) is 0 Å². The van der Waals surface area contributed by atoms with E-state index >= 15 is 0 Å². The minimum absolute atomic E-state index is 0.291. The largest absolute Gasteiger partial charge is 0.281 e. The Labute approximate surface area is 54.3 Å². The molecule has 0 unspecified atom stereocenters. The summed E-state index contributed by atoms with van der Waals surface area (Å²) in [7, 11) is 0. The topological polar surface area (TPSA) is 17.1 Å². The number of carbonyl (C=O) groups is 1. The molecule has 0 aromatic rings. The monoisotopic (exact) mass is 132 g/mol. The zero-order valence-corrected chi connectivity index (χ0v) is 5.83. The lowest BCUT2D eigenvalue weighted by Crippen LogP contribution is -1.85. The molecule has 0 aromatic heterocycles. The molecule has 0 aliphatic rings. The van der Waals surface area contributed by atoms with Crippen LogP contribution in [0, 0.1) is 0 Å². The van der Waals surface area contributed by atoms with Gasteiger partial charge in [0.2, 0.25) is 5.24 Å². The highest BCUT2D eigenvalue weighted by molar-refractivity contribution is 6.63. The van der Waals surface area contributed by atoms with Crippen molar-refractivity contribution in [2.75, 3.05) is 0 Å². The molecule has 8 heavy (non-hydrogen) atoms. The molecule has 0 aliphatic heterocycles. The molecule has 0 saturated heterocycles. The van der Waals surface area contributed by atoms with Crippen LogP contribution in [0.4, 0.5) is 0 Å². The summed E-state index contributed by atoms with van der Waals surface area (Å²) in [6, 6.07) is 0. The molecule has 0 heterocycles. The van der Waals surface area contributed by atoms with Gasteiger partial charge in [-0.3, -0.25) is 4.79 Å². The zero-order valence-electron chi connectivity index (χ0n) is 5.07. The first-order chi connectivity index (χ1) is 3.66. The molecular formula is C6H9ClO. The molecule has 0 aliphatic carbocycles. The van der Waals surface area contributed by atoms with Crippen molar-refractivity contribution in [3.8, 4) is 0 Å². The summed E-state index contributed by atoms with van der Waals surface area (Å²) in [5.41, 5.74) is 1.02. The molecule has 1 nitrogen and oxygen atoms in total. The van der Waals surface area contributed by atoms with E-state index in [9.17, 15) is 4.79 Å². The summed E-state index contributed by atoms with van der Waals surface area (Å²) in [5.74, 6) is 0. The number of hydrogen-bond acceptors (Lipinski definition) is 1. The first-order valence-electron chi connectivity index (χ1n) is 2.47. The fraction of sp³-hybridized carbons (Fsp3) is 0.500. The van der Waals surface area contributed by atoms with Crippen molar-refractivity contribution in [1.82, 2.24) is 0 Å². The Bertz CT molecular complexity index is 116. The normalized spacial score (nSPS) is 11.6. The summed E-state index contributed by atoms with van der Waals surface area (Å²) in [4.78, 5) is 10.1. The highest BCUT2D eigenvalue weighted by Gasteiger charge is 1.93. The molecule has 0 atom stereocenters. The second-order valence-corrected chi connectivity index (χ2v) is 2.09. The number of hydrogen-bond donors (Lipinski definition) is 0. The van der Waals surface area contributed by atoms with Crippen LogP contribution in [-0.2, 0) is 4.79 Å². The van der Waals surface area contributed by atoms with Gasteiger partial charge >= 0.3 is 0 Å². The van der Waals surface area contributed by atoms with Crippen LogP contribution < -0.4 is 0 Å². The highest BCUT2D eigenvalue weighted by atomic mass is 35.5. The van der Waals surface area contributed by atoms with Crippen molar-refractivity contribution < 1.29 is 4.79 Å². The lowest BCUT2D eigenvalue weighted by molar-refractivity contribution is -0.111. The number of carbonyl (C=O) groups excluding carboxylic acids is 1. The van der Waals surface area contributed by atoms with Crippen LogP contribution in [0.2, 0.25) is 0 Å². The lowest BCUT2D eigenvalue weighted by atomic mass is 10.2. The van der Waals surface area contributed by atoms with E-state index in [1.807, 2.05) is 19.9 Å². The average molecular weight is 133 g/mol. The van der Waals surface area contributed by atoms with Crippen LogP contribution in [0.5, 0.6) is 0 Å². The predicted molar refractivity (Wildman–Crippen MR) is 34.9 cm³/mol. The maximum Gasteiger partial charge on any atom is 0.225 e. The van der Waals surface area contributed by atoms with Crippen molar-refractivity contribution in [2.45, 2.75) is 20.3 Å². The molecule has 46 valence electrons. The summed E-state index contributed by atoms with van der Waals surface area (Å²) in [6.07, 6.45) is 2.25. The van der Waals surface area contributed by atoms with Crippen LogP contribution in [0.1, 0.15) is 20.3 Å². The van der Waals surface area contributed by atoms with Gasteiger partial charge in [-0.05, 0) is 25.4 Å². The fourth-order valence-electron chi connectivity index (χ4n) is 0.321. The minimum Gasteiger partial charge on any atom is -0.281 e. The number of allylic oxidation sites excluding steroid dienone is 2. The second-order valence-electron chi connectivity index (χ2n) is 1.67. The Morgan fingerprint density at radius 3 is 2.38 bits per heavy atom. The van der Waals surface area contributed by atoms with E-state index in [0.717, 1.165) is 5.57 Å². The third-order valence-electron chi connectivity index (χ3n) is 0.911. The highest BCUT2D eigenvalue weighted by Crippen LogP contribution is 2.01. The second kappa shape index (κ2) is 3.67. The standard InChI is InChI=1S/C6H9ClO/c1-3-5(2)4-6(7)8/h3H,4H2,1-2H3. The molecule has 0 rings (SSSR count). The SMILES string of the molecule is CC=C(C)CC(=O)Cl. The fourth-order valence-corrected chi connectivity index (χ4v) is 0.532. The van der Waals surface area contributed by atoms with E-state index in [1.165, 1.54) is 0 Å². The molecule has 0 spiro atoms. The van der Waals surface area contributed by atoms with Crippen molar-refractivity contribution in [3.05, 3.63) is 11.6 Å². The van der Waals surface area contributed by atoms with Gasteiger partial charge in [0.15, 0.2) is 0 Å². The van der Waals surface area contributed by atoms with E-state index in [1.54, 1.807) is 0 Å². The van der Waals surface area contributed by atoms with Gasteiger partial charge < -0.3 is 0 Å². The molecule has 0 amide bonds. The number of halogens is 1. The van der Waals surface area contributed by atoms with Gasteiger partial charge in [0.1, 0.15) is 0 Å². The van der Waals surface area contributed by atoms with Crippen LogP contribution >= 0.6 is 11.6 Å². The van der Waals surface area contributed by atoms with Crippen LogP contribution in [-0.4, -0.2) is 5.24 Å². The maximum absolute atomic E-state index is 10.1. The Balaban J connectivity index is 3.56. The smallest absolute Gasteiger partial charge is 0.225 e. The summed E-state index contributed by atoms with van der Waals surface area (Å²) >= 11 is 5.07. The Kier molecular flexibility index (Phi) is 3.53. The van der Waals surface area contributed by atoms with Crippen LogP contribution in [0.25, 0.3) is 0 Å². The lowest BCUT2D eigenvalue weighted by Gasteiger charge is -1.89. The minimum atomic E-state index is -0.291. The molecule has 0 radical (unpaired) electrons. The number of rotatable bonds is 2. The van der Waals surface area contributed by atoms with Crippen LogP contribution in [0.3, 0.4) is 0 Å². The molecule has 0 N–H and O–H groups in total. The van der Waals surface area contributed by atoms with Gasteiger partial charge in [-0.1, -0.05) is 11.6 Å². The average Bonchev–Trinajstić information content (AvgIpc) is 1.65. The van der Waals surface area contributed by atoms with Gasteiger partial charge in [-0.15, -0.1) is 0 Å². The molecule has 0 fully saturated rings. The van der Waals surface area contributed by atoms with E-state index < -0.39 is 0 Å². The quantitative estimate of drug-likeness (QED) is 0.416. The Morgan fingerprint density at radius 1 is 1.75 bits per heavy atom. The van der Waals surface area contributed by atoms with Gasteiger partial charge in [0.05, 0.1) is 0 Å². The third kappa shape index (κ3) is 3.88. The van der Waals surface area contributed by atoms with Crippen molar-refractivity contribution in [3.63, 3.8) is 0 Å². The van der Waals surface area contributed by atoms with E-state index in [2.05, 4.69) is 0 Å². The zero-order chi connectivity index (χ0) is 6.57.